The lowest BCUT2D eigenvalue weighted by molar-refractivity contribution is 0.0187. The van der Waals surface area contributed by atoms with Gasteiger partial charge in [0.2, 0.25) is 0 Å². The summed E-state index contributed by atoms with van der Waals surface area (Å²) < 4.78 is 11.1. The first-order valence-corrected chi connectivity index (χ1v) is 9.29. The van der Waals surface area contributed by atoms with Gasteiger partial charge in [0.05, 0.1) is 6.61 Å². The average molecular weight is 369 g/mol. The highest BCUT2D eigenvalue weighted by molar-refractivity contribution is 6.30. The van der Waals surface area contributed by atoms with Crippen LogP contribution in [0.3, 0.4) is 0 Å². The molecule has 1 atom stereocenters. The molecule has 25 heavy (non-hydrogen) atoms. The fourth-order valence-corrected chi connectivity index (χ4v) is 3.07. The number of ether oxygens (including phenoxy) is 2. The van der Waals surface area contributed by atoms with Crippen LogP contribution in [0, 0.1) is 0 Å². The highest BCUT2D eigenvalue weighted by Gasteiger charge is 2.27. The normalized spacial score (nSPS) is 18.1. The van der Waals surface area contributed by atoms with Gasteiger partial charge in [0.15, 0.2) is 0 Å². The summed E-state index contributed by atoms with van der Waals surface area (Å²) in [5.41, 5.74) is 0.564. The molecule has 0 aliphatic carbocycles. The molecule has 1 aromatic carbocycles. The van der Waals surface area contributed by atoms with Gasteiger partial charge >= 0.3 is 6.09 Å². The average Bonchev–Trinajstić information content (AvgIpc) is 2.54. The summed E-state index contributed by atoms with van der Waals surface area (Å²) in [6, 6.07) is 5.89. The van der Waals surface area contributed by atoms with Gasteiger partial charge in [0.1, 0.15) is 11.4 Å². The third-order valence-electron chi connectivity index (χ3n) is 3.98. The molecule has 1 aromatic rings. The Hall–Kier alpha value is -1.46. The van der Waals surface area contributed by atoms with Crippen molar-refractivity contribution in [2.75, 3.05) is 19.7 Å². The molecule has 0 aromatic heterocycles. The Balaban J connectivity index is 1.93. The van der Waals surface area contributed by atoms with Gasteiger partial charge in [-0.05, 0) is 58.7 Å². The Labute approximate surface area is 155 Å². The van der Waals surface area contributed by atoms with E-state index in [-0.39, 0.29) is 12.1 Å². The molecule has 1 saturated heterocycles. The van der Waals surface area contributed by atoms with Crippen molar-refractivity contribution in [1.29, 1.82) is 0 Å². The summed E-state index contributed by atoms with van der Waals surface area (Å²) in [4.78, 5) is 14.0. The highest BCUT2D eigenvalue weighted by atomic mass is 35.5. The van der Waals surface area contributed by atoms with Crippen molar-refractivity contribution >= 4 is 17.7 Å². The highest BCUT2D eigenvalue weighted by Crippen LogP contribution is 2.23. The number of carbonyl (C=O) groups is 1. The van der Waals surface area contributed by atoms with Crippen molar-refractivity contribution in [3.05, 3.63) is 28.8 Å². The lowest BCUT2D eigenvalue weighted by Crippen LogP contribution is -2.49. The van der Waals surface area contributed by atoms with Gasteiger partial charge in [0.25, 0.3) is 0 Å². The maximum absolute atomic E-state index is 12.3. The summed E-state index contributed by atoms with van der Waals surface area (Å²) in [6.45, 7) is 10.3. The number of rotatable bonds is 5. The number of hydrogen-bond acceptors (Lipinski definition) is 4. The van der Waals surface area contributed by atoms with Crippen molar-refractivity contribution < 1.29 is 14.3 Å². The van der Waals surface area contributed by atoms with E-state index in [0.29, 0.717) is 24.7 Å². The van der Waals surface area contributed by atoms with Crippen LogP contribution in [0.1, 0.15) is 46.1 Å². The Morgan fingerprint density at radius 1 is 1.40 bits per heavy atom. The number of halogens is 1. The second-order valence-electron chi connectivity index (χ2n) is 7.33. The van der Waals surface area contributed by atoms with Crippen LogP contribution in [0.4, 0.5) is 4.79 Å². The number of nitrogens with one attached hydrogen (secondary N) is 1. The molecule has 1 aliphatic heterocycles. The summed E-state index contributed by atoms with van der Waals surface area (Å²) in [6.07, 6.45) is 1.76. The number of carbonyl (C=O) groups excluding carboxylic acids is 1. The Morgan fingerprint density at radius 2 is 2.16 bits per heavy atom. The van der Waals surface area contributed by atoms with Crippen LogP contribution in [-0.2, 0) is 11.3 Å². The first-order valence-electron chi connectivity index (χ1n) is 8.91. The maximum Gasteiger partial charge on any atom is 0.410 e. The maximum atomic E-state index is 12.3. The molecule has 1 heterocycles. The fourth-order valence-electron chi connectivity index (χ4n) is 2.87. The number of nitrogens with zero attached hydrogens (tertiary/aromatic N) is 1. The zero-order valence-electron chi connectivity index (χ0n) is 15.6. The summed E-state index contributed by atoms with van der Waals surface area (Å²) >= 11 is 6.11. The standard InChI is InChI=1S/C19H29ClN2O3/c1-5-24-17-9-8-15(20)11-14(17)12-21-16-7-6-10-22(13-16)18(23)25-19(2,3)4/h8-9,11,16,21H,5-7,10,12-13H2,1-4H3/t16-/m0/s1. The van der Waals surface area contributed by atoms with Gasteiger partial charge in [-0.2, -0.15) is 0 Å². The van der Waals surface area contributed by atoms with Gasteiger partial charge < -0.3 is 19.7 Å². The van der Waals surface area contributed by atoms with Crippen molar-refractivity contribution in [2.24, 2.45) is 0 Å². The Morgan fingerprint density at radius 3 is 2.84 bits per heavy atom. The van der Waals surface area contributed by atoms with Crippen LogP contribution in [0.25, 0.3) is 0 Å². The van der Waals surface area contributed by atoms with E-state index < -0.39 is 5.60 Å². The molecule has 1 aliphatic rings. The quantitative estimate of drug-likeness (QED) is 0.845. The minimum atomic E-state index is -0.468. The first-order chi connectivity index (χ1) is 11.8. The third-order valence-corrected chi connectivity index (χ3v) is 4.21. The molecule has 6 heteroatoms. The molecule has 1 fully saturated rings. The van der Waals surface area contributed by atoms with Crippen LogP contribution in [0.15, 0.2) is 18.2 Å². The minimum absolute atomic E-state index is 0.231. The van der Waals surface area contributed by atoms with E-state index in [4.69, 9.17) is 21.1 Å². The Kier molecular flexibility index (Phi) is 6.96. The van der Waals surface area contributed by atoms with Crippen molar-refractivity contribution in [1.82, 2.24) is 10.2 Å². The summed E-state index contributed by atoms with van der Waals surface area (Å²) in [7, 11) is 0. The van der Waals surface area contributed by atoms with E-state index >= 15 is 0 Å². The summed E-state index contributed by atoms with van der Waals surface area (Å²) in [5, 5.41) is 4.22. The number of amides is 1. The van der Waals surface area contributed by atoms with Crippen LogP contribution in [-0.4, -0.2) is 42.3 Å². The number of benzene rings is 1. The molecular formula is C19H29ClN2O3. The fraction of sp³-hybridized carbons (Fsp3) is 0.632. The minimum Gasteiger partial charge on any atom is -0.494 e. The van der Waals surface area contributed by atoms with E-state index in [9.17, 15) is 4.79 Å². The van der Waals surface area contributed by atoms with E-state index in [1.807, 2.05) is 45.9 Å². The third kappa shape index (κ3) is 6.40. The van der Waals surface area contributed by atoms with Crippen molar-refractivity contribution in [2.45, 2.75) is 58.7 Å². The van der Waals surface area contributed by atoms with Gasteiger partial charge in [-0.25, -0.2) is 4.79 Å². The zero-order chi connectivity index (χ0) is 18.4. The molecule has 1 amide bonds. The SMILES string of the molecule is CCOc1ccc(Cl)cc1CN[C@H]1CCCN(C(=O)OC(C)(C)C)C1. The van der Waals surface area contributed by atoms with Crippen molar-refractivity contribution in [3.63, 3.8) is 0 Å². The molecule has 140 valence electrons. The van der Waals surface area contributed by atoms with Gasteiger partial charge in [-0.3, -0.25) is 0 Å². The predicted molar refractivity (Wildman–Crippen MR) is 100 cm³/mol. The molecule has 1 N–H and O–H groups in total. The monoisotopic (exact) mass is 368 g/mol. The van der Waals surface area contributed by atoms with Crippen LogP contribution in [0.5, 0.6) is 5.75 Å². The molecular weight excluding hydrogens is 340 g/mol. The zero-order valence-corrected chi connectivity index (χ0v) is 16.4. The molecule has 0 radical (unpaired) electrons. The van der Waals surface area contributed by atoms with Crippen molar-refractivity contribution in [3.8, 4) is 5.75 Å². The Bertz CT molecular complexity index is 587. The molecule has 0 spiro atoms. The van der Waals surface area contributed by atoms with Gasteiger partial charge in [-0.15, -0.1) is 0 Å². The van der Waals surface area contributed by atoms with E-state index in [1.54, 1.807) is 4.90 Å². The molecule has 0 bridgehead atoms. The van der Waals surface area contributed by atoms with Gasteiger partial charge in [0, 0.05) is 36.3 Å². The second-order valence-corrected chi connectivity index (χ2v) is 7.77. The molecule has 0 saturated carbocycles. The topological polar surface area (TPSA) is 50.8 Å². The molecule has 2 rings (SSSR count). The lowest BCUT2D eigenvalue weighted by atomic mass is 10.1. The second kappa shape index (κ2) is 8.77. The number of hydrogen-bond donors (Lipinski definition) is 1. The smallest absolute Gasteiger partial charge is 0.410 e. The lowest BCUT2D eigenvalue weighted by Gasteiger charge is -2.34. The predicted octanol–water partition coefficient (Wildman–Crippen LogP) is 4.23. The van der Waals surface area contributed by atoms with Crippen LogP contribution in [0.2, 0.25) is 5.02 Å². The van der Waals surface area contributed by atoms with Crippen LogP contribution < -0.4 is 10.1 Å². The van der Waals surface area contributed by atoms with E-state index in [0.717, 1.165) is 30.7 Å². The molecule has 0 unspecified atom stereocenters. The summed E-state index contributed by atoms with van der Waals surface area (Å²) in [5.74, 6) is 0.846. The van der Waals surface area contributed by atoms with Gasteiger partial charge in [-0.1, -0.05) is 11.6 Å². The van der Waals surface area contributed by atoms with E-state index in [2.05, 4.69) is 5.32 Å². The first kappa shape index (κ1) is 19.9. The van der Waals surface area contributed by atoms with E-state index in [1.165, 1.54) is 0 Å². The van der Waals surface area contributed by atoms with Crippen LogP contribution >= 0.6 is 11.6 Å². The molecule has 5 nitrogen and oxygen atoms in total. The number of likely N-dealkylation sites (tertiary alicyclic amines) is 1. The number of piperidine rings is 1. The largest absolute Gasteiger partial charge is 0.494 e.